The number of hydrogen-bond acceptors (Lipinski definition) is 5. The van der Waals surface area contributed by atoms with Gasteiger partial charge in [-0.05, 0) is 73.8 Å². The Kier molecular flexibility index (Phi) is 5.68. The monoisotopic (exact) mass is 480 g/mol. The van der Waals surface area contributed by atoms with Gasteiger partial charge in [0.05, 0.1) is 5.56 Å². The van der Waals surface area contributed by atoms with Gasteiger partial charge in [0.25, 0.3) is 0 Å². The lowest BCUT2D eigenvalue weighted by Crippen LogP contribution is -2.60. The standard InChI is InChI=1S/C29H33FO5/c1-17-13-22-20-15-24(30)23-14-19(31)9-11-27(23,2)21(20)10-12-28(22,3)29(17,34)25(32)16-35-26(33)18-7-5-4-6-8-18/h4-11,14,17,20,22,24-25,32,34H,12-13,15-16H2,1-3H3/t17-,20-,22-,24+,25-,27-,28-,29+/m1/s1. The quantitative estimate of drug-likeness (QED) is 0.494. The Morgan fingerprint density at radius 2 is 1.91 bits per heavy atom. The van der Waals surface area contributed by atoms with Crippen molar-refractivity contribution in [1.82, 2.24) is 0 Å². The number of benzene rings is 1. The molecule has 0 unspecified atom stereocenters. The molecule has 4 aliphatic carbocycles. The number of rotatable bonds is 4. The fourth-order valence-electron chi connectivity index (χ4n) is 7.56. The van der Waals surface area contributed by atoms with Gasteiger partial charge in [0.15, 0.2) is 5.78 Å². The van der Waals surface area contributed by atoms with E-state index < -0.39 is 34.7 Å². The molecule has 2 N–H and O–H groups in total. The van der Waals surface area contributed by atoms with Gasteiger partial charge >= 0.3 is 5.97 Å². The molecule has 2 saturated carbocycles. The second-order valence-corrected chi connectivity index (χ2v) is 11.2. The van der Waals surface area contributed by atoms with Crippen LogP contribution < -0.4 is 0 Å². The van der Waals surface area contributed by atoms with Gasteiger partial charge in [-0.1, -0.05) is 49.8 Å². The maximum atomic E-state index is 15.5. The summed E-state index contributed by atoms with van der Waals surface area (Å²) in [6.45, 7) is 5.53. The number of carbonyl (C=O) groups excluding carboxylic acids is 2. The van der Waals surface area contributed by atoms with Gasteiger partial charge in [-0.15, -0.1) is 0 Å². The third-order valence-corrected chi connectivity index (χ3v) is 9.49. The van der Waals surface area contributed by atoms with E-state index in [9.17, 15) is 19.8 Å². The highest BCUT2D eigenvalue weighted by Crippen LogP contribution is 2.67. The summed E-state index contributed by atoms with van der Waals surface area (Å²) < 4.78 is 20.8. The molecule has 0 amide bonds. The zero-order valence-electron chi connectivity index (χ0n) is 20.4. The van der Waals surface area contributed by atoms with E-state index >= 15 is 4.39 Å². The van der Waals surface area contributed by atoms with Crippen LogP contribution in [-0.2, 0) is 9.53 Å². The lowest BCUT2D eigenvalue weighted by Gasteiger charge is -2.55. The summed E-state index contributed by atoms with van der Waals surface area (Å²) in [5.74, 6) is -1.17. The van der Waals surface area contributed by atoms with Crippen molar-refractivity contribution in [2.75, 3.05) is 6.61 Å². The average Bonchev–Trinajstić information content (AvgIpc) is 3.06. The van der Waals surface area contributed by atoms with Crippen LogP contribution in [-0.4, -0.2) is 46.4 Å². The first kappa shape index (κ1) is 24.1. The second kappa shape index (κ2) is 8.24. The number of aliphatic hydroxyl groups is 2. The topological polar surface area (TPSA) is 83.8 Å². The smallest absolute Gasteiger partial charge is 0.338 e. The van der Waals surface area contributed by atoms with Crippen molar-refractivity contribution in [3.63, 3.8) is 0 Å². The molecule has 0 bridgehead atoms. The van der Waals surface area contributed by atoms with E-state index in [4.69, 9.17) is 4.74 Å². The largest absolute Gasteiger partial charge is 0.459 e. The zero-order valence-corrected chi connectivity index (χ0v) is 20.4. The molecule has 0 aliphatic heterocycles. The molecule has 186 valence electrons. The minimum absolute atomic E-state index is 0.0513. The number of ether oxygens (including phenoxy) is 1. The Morgan fingerprint density at radius 3 is 2.63 bits per heavy atom. The molecular weight excluding hydrogens is 447 g/mol. The molecule has 2 fully saturated rings. The van der Waals surface area contributed by atoms with Gasteiger partial charge in [-0.25, -0.2) is 9.18 Å². The summed E-state index contributed by atoms with van der Waals surface area (Å²) in [4.78, 5) is 24.4. The van der Waals surface area contributed by atoms with Gasteiger partial charge in [-0.2, -0.15) is 0 Å². The highest BCUT2D eigenvalue weighted by atomic mass is 19.1. The van der Waals surface area contributed by atoms with Crippen molar-refractivity contribution in [3.05, 3.63) is 71.3 Å². The molecule has 6 heteroatoms. The number of alkyl halides is 1. The number of hydrogen-bond donors (Lipinski definition) is 2. The van der Waals surface area contributed by atoms with Crippen LogP contribution in [0.15, 0.2) is 65.8 Å². The van der Waals surface area contributed by atoms with Crippen molar-refractivity contribution >= 4 is 11.8 Å². The number of esters is 1. The number of halogens is 1. The van der Waals surface area contributed by atoms with Crippen LogP contribution in [0.3, 0.4) is 0 Å². The van der Waals surface area contributed by atoms with E-state index in [1.165, 1.54) is 12.2 Å². The minimum atomic E-state index is -1.50. The molecule has 0 heterocycles. The molecule has 0 spiro atoms. The SMILES string of the molecule is C[C@@H]1C[C@@H]2[C@@H]3C[C@H](F)C4=CC(=O)C=C[C@]4(C)C3=CC[C@@]2(C)[C@@]1(O)[C@H](O)COC(=O)c1ccccc1. The summed E-state index contributed by atoms with van der Waals surface area (Å²) in [6.07, 6.45) is 5.75. The zero-order chi connectivity index (χ0) is 25.2. The molecule has 1 aromatic rings. The first-order chi connectivity index (χ1) is 16.5. The fourth-order valence-corrected chi connectivity index (χ4v) is 7.56. The molecule has 0 radical (unpaired) electrons. The maximum absolute atomic E-state index is 15.5. The molecule has 4 aliphatic rings. The summed E-state index contributed by atoms with van der Waals surface area (Å²) in [6, 6.07) is 8.54. The predicted octanol–water partition coefficient (Wildman–Crippen LogP) is 4.36. The first-order valence-corrected chi connectivity index (χ1v) is 12.4. The fraction of sp³-hybridized carbons (Fsp3) is 0.517. The number of allylic oxidation sites excluding steroid dienone is 6. The Morgan fingerprint density at radius 1 is 1.20 bits per heavy atom. The Labute approximate surface area is 205 Å². The lowest BCUT2D eigenvalue weighted by molar-refractivity contribution is -0.181. The molecular formula is C29H33FO5. The minimum Gasteiger partial charge on any atom is -0.459 e. The molecule has 5 rings (SSSR count). The molecule has 35 heavy (non-hydrogen) atoms. The van der Waals surface area contributed by atoms with Gasteiger partial charge in [-0.3, -0.25) is 4.79 Å². The van der Waals surface area contributed by atoms with Crippen LogP contribution in [0.5, 0.6) is 0 Å². The van der Waals surface area contributed by atoms with Crippen molar-refractivity contribution in [2.24, 2.45) is 28.6 Å². The van der Waals surface area contributed by atoms with Gasteiger partial charge < -0.3 is 14.9 Å². The molecule has 5 nitrogen and oxygen atoms in total. The van der Waals surface area contributed by atoms with Crippen molar-refractivity contribution in [1.29, 1.82) is 0 Å². The summed E-state index contributed by atoms with van der Waals surface area (Å²) in [5.41, 5.74) is -0.864. The van der Waals surface area contributed by atoms with E-state index in [0.717, 1.165) is 5.57 Å². The van der Waals surface area contributed by atoms with Crippen molar-refractivity contribution < 1.29 is 28.9 Å². The van der Waals surface area contributed by atoms with Gasteiger partial charge in [0.1, 0.15) is 24.5 Å². The highest BCUT2D eigenvalue weighted by Gasteiger charge is 2.67. The second-order valence-electron chi connectivity index (χ2n) is 11.2. The van der Waals surface area contributed by atoms with Crippen LogP contribution in [0, 0.1) is 28.6 Å². The summed E-state index contributed by atoms with van der Waals surface area (Å²) in [5, 5.41) is 23.2. The average molecular weight is 481 g/mol. The Bertz CT molecular complexity index is 1140. The van der Waals surface area contributed by atoms with E-state index in [1.54, 1.807) is 30.3 Å². The predicted molar refractivity (Wildman–Crippen MR) is 129 cm³/mol. The van der Waals surface area contributed by atoms with Crippen LogP contribution in [0.25, 0.3) is 0 Å². The number of fused-ring (bicyclic) bond motifs is 5. The van der Waals surface area contributed by atoms with Gasteiger partial charge in [0, 0.05) is 10.8 Å². The van der Waals surface area contributed by atoms with Gasteiger partial charge in [0.2, 0.25) is 0 Å². The normalized spacial score (nSPS) is 40.7. The summed E-state index contributed by atoms with van der Waals surface area (Å²) in [7, 11) is 0. The van der Waals surface area contributed by atoms with Crippen molar-refractivity contribution in [3.8, 4) is 0 Å². The van der Waals surface area contributed by atoms with Crippen molar-refractivity contribution in [2.45, 2.75) is 57.9 Å². The van der Waals surface area contributed by atoms with Crippen LogP contribution >= 0.6 is 0 Å². The lowest BCUT2D eigenvalue weighted by atomic mass is 9.51. The highest BCUT2D eigenvalue weighted by molar-refractivity contribution is 6.01. The van der Waals surface area contributed by atoms with Crippen LogP contribution in [0.1, 0.15) is 50.4 Å². The number of ketones is 1. The summed E-state index contributed by atoms with van der Waals surface area (Å²) >= 11 is 0. The molecule has 0 aromatic heterocycles. The first-order valence-electron chi connectivity index (χ1n) is 12.4. The Hall–Kier alpha value is -2.57. The maximum Gasteiger partial charge on any atom is 0.338 e. The van der Waals surface area contributed by atoms with E-state index in [0.29, 0.717) is 24.0 Å². The molecule has 1 aromatic carbocycles. The van der Waals surface area contributed by atoms with E-state index in [2.05, 4.69) is 6.08 Å². The number of carbonyl (C=O) groups is 2. The molecule has 0 saturated heterocycles. The van der Waals surface area contributed by atoms with Crippen LogP contribution in [0.2, 0.25) is 0 Å². The number of aliphatic hydroxyl groups excluding tert-OH is 1. The van der Waals surface area contributed by atoms with E-state index in [-0.39, 0.29) is 36.6 Å². The third-order valence-electron chi connectivity index (χ3n) is 9.49. The third kappa shape index (κ3) is 3.40. The van der Waals surface area contributed by atoms with Crippen LogP contribution in [0.4, 0.5) is 4.39 Å². The molecule has 8 atom stereocenters. The van der Waals surface area contributed by atoms with E-state index in [1.807, 2.05) is 26.8 Å². The Balaban J connectivity index is 1.43.